The summed E-state index contributed by atoms with van der Waals surface area (Å²) in [6.45, 7) is 6.66. The van der Waals surface area contributed by atoms with Gasteiger partial charge >= 0.3 is 17.9 Å². The van der Waals surface area contributed by atoms with Gasteiger partial charge < -0.3 is 14.2 Å². The molecule has 0 saturated heterocycles. The molecule has 0 saturated carbocycles. The molecule has 1 unspecified atom stereocenters. The molecule has 6 heteroatoms. The van der Waals surface area contributed by atoms with Crippen LogP contribution in [0.15, 0.2) is 24.3 Å². The zero-order valence-corrected chi connectivity index (χ0v) is 56.5. The maximum absolute atomic E-state index is 13.0. The number of hydrogen-bond acceptors (Lipinski definition) is 6. The van der Waals surface area contributed by atoms with E-state index >= 15 is 0 Å². The fourth-order valence-corrected chi connectivity index (χ4v) is 11.8. The maximum Gasteiger partial charge on any atom is 0.306 e. The molecule has 0 aliphatic carbocycles. The van der Waals surface area contributed by atoms with Crippen LogP contribution < -0.4 is 0 Å². The van der Waals surface area contributed by atoms with Crippen LogP contribution in [0.3, 0.4) is 0 Å². The molecule has 83 heavy (non-hydrogen) atoms. The highest BCUT2D eigenvalue weighted by molar-refractivity contribution is 5.71. The molecule has 0 aliphatic heterocycles. The second kappa shape index (κ2) is 72.4. The molecule has 0 aromatic rings. The first-order chi connectivity index (χ1) is 41.0. The van der Waals surface area contributed by atoms with Gasteiger partial charge in [0.1, 0.15) is 13.2 Å². The molecule has 0 radical (unpaired) electrons. The van der Waals surface area contributed by atoms with Crippen LogP contribution >= 0.6 is 0 Å². The van der Waals surface area contributed by atoms with E-state index in [1.165, 1.54) is 308 Å². The molecule has 1 atom stereocenters. The fourth-order valence-electron chi connectivity index (χ4n) is 11.8. The summed E-state index contributed by atoms with van der Waals surface area (Å²) in [7, 11) is 0. The van der Waals surface area contributed by atoms with Crippen molar-refractivity contribution in [2.24, 2.45) is 0 Å². The second-order valence-corrected chi connectivity index (χ2v) is 25.9. The van der Waals surface area contributed by atoms with Crippen LogP contribution in [0.25, 0.3) is 0 Å². The predicted octanol–water partition coefficient (Wildman–Crippen LogP) is 26.1. The predicted molar refractivity (Wildman–Crippen MR) is 363 cm³/mol. The summed E-state index contributed by atoms with van der Waals surface area (Å²) in [5.74, 6) is -0.849. The van der Waals surface area contributed by atoms with Crippen LogP contribution in [0, 0.1) is 0 Å². The van der Waals surface area contributed by atoms with Gasteiger partial charge in [-0.15, -0.1) is 0 Å². The van der Waals surface area contributed by atoms with E-state index in [0.29, 0.717) is 19.3 Å². The molecule has 0 bridgehead atoms. The van der Waals surface area contributed by atoms with Crippen molar-refractivity contribution in [2.45, 2.75) is 438 Å². The SMILES string of the molecule is CCC/C=C\C/C=C\CCCCCCCC(=O)OCC(COC(=O)CCCCCCCCCCCCCCCCCCCCCCCCCCCCCCC)OC(=O)CCCCCCCCCCCCCCCCCCCCCCCCC. The molecule has 0 amide bonds. The van der Waals surface area contributed by atoms with Gasteiger partial charge in [-0.25, -0.2) is 0 Å². The van der Waals surface area contributed by atoms with Gasteiger partial charge in [0, 0.05) is 19.3 Å². The lowest BCUT2D eigenvalue weighted by Crippen LogP contribution is -2.30. The van der Waals surface area contributed by atoms with E-state index in [1.54, 1.807) is 0 Å². The van der Waals surface area contributed by atoms with Crippen LogP contribution in [0.5, 0.6) is 0 Å². The average molecular weight is 1170 g/mol. The molecule has 6 nitrogen and oxygen atoms in total. The van der Waals surface area contributed by atoms with Crippen molar-refractivity contribution in [1.29, 1.82) is 0 Å². The van der Waals surface area contributed by atoms with Crippen molar-refractivity contribution >= 4 is 17.9 Å². The average Bonchev–Trinajstić information content (AvgIpc) is 3.49. The number of rotatable bonds is 71. The highest BCUT2D eigenvalue weighted by Crippen LogP contribution is 2.20. The summed E-state index contributed by atoms with van der Waals surface area (Å²) in [5, 5.41) is 0. The summed E-state index contributed by atoms with van der Waals surface area (Å²) in [6.07, 6.45) is 89.5. The zero-order chi connectivity index (χ0) is 59.9. The van der Waals surface area contributed by atoms with Crippen molar-refractivity contribution in [3.63, 3.8) is 0 Å². The van der Waals surface area contributed by atoms with Crippen LogP contribution in [0.4, 0.5) is 0 Å². The minimum absolute atomic E-state index is 0.0692. The summed E-state index contributed by atoms with van der Waals surface area (Å²) in [5.41, 5.74) is 0. The summed E-state index contributed by atoms with van der Waals surface area (Å²) < 4.78 is 17.0. The third-order valence-corrected chi connectivity index (χ3v) is 17.4. The van der Waals surface area contributed by atoms with Gasteiger partial charge in [0.05, 0.1) is 0 Å². The van der Waals surface area contributed by atoms with Gasteiger partial charge in [-0.05, 0) is 44.9 Å². The Balaban J connectivity index is 4.15. The number of esters is 3. The first-order valence-electron chi connectivity index (χ1n) is 37.8. The van der Waals surface area contributed by atoms with Crippen molar-refractivity contribution in [3.8, 4) is 0 Å². The second-order valence-electron chi connectivity index (χ2n) is 25.9. The first-order valence-corrected chi connectivity index (χ1v) is 37.8. The molecule has 0 fully saturated rings. The van der Waals surface area contributed by atoms with Crippen molar-refractivity contribution in [3.05, 3.63) is 24.3 Å². The Kier molecular flexibility index (Phi) is 70.5. The minimum Gasteiger partial charge on any atom is -0.462 e. The number of unbranched alkanes of at least 4 members (excludes halogenated alkanes) is 56. The van der Waals surface area contributed by atoms with Crippen molar-refractivity contribution < 1.29 is 28.6 Å². The Morgan fingerprint density at radius 1 is 0.241 bits per heavy atom. The van der Waals surface area contributed by atoms with Gasteiger partial charge in [0.15, 0.2) is 6.10 Å². The van der Waals surface area contributed by atoms with Crippen LogP contribution in [0.2, 0.25) is 0 Å². The zero-order valence-electron chi connectivity index (χ0n) is 56.5. The Morgan fingerprint density at radius 3 is 0.711 bits per heavy atom. The van der Waals surface area contributed by atoms with Crippen LogP contribution in [0.1, 0.15) is 432 Å². The van der Waals surface area contributed by atoms with Crippen molar-refractivity contribution in [1.82, 2.24) is 0 Å². The Morgan fingerprint density at radius 2 is 0.458 bits per heavy atom. The molecular formula is C77H146O6. The highest BCUT2D eigenvalue weighted by Gasteiger charge is 2.20. The molecule has 490 valence electrons. The van der Waals surface area contributed by atoms with E-state index < -0.39 is 6.10 Å². The first kappa shape index (κ1) is 80.9. The number of hydrogen-bond donors (Lipinski definition) is 0. The van der Waals surface area contributed by atoms with E-state index in [4.69, 9.17) is 14.2 Å². The Hall–Kier alpha value is -2.11. The maximum atomic E-state index is 13.0. The van der Waals surface area contributed by atoms with E-state index in [1.807, 2.05) is 0 Å². The monoisotopic (exact) mass is 1170 g/mol. The molecule has 0 heterocycles. The Bertz CT molecular complexity index is 1340. The number of allylic oxidation sites excluding steroid dienone is 4. The molecular weight excluding hydrogens is 1020 g/mol. The lowest BCUT2D eigenvalue weighted by molar-refractivity contribution is -0.167. The minimum atomic E-state index is -0.774. The van der Waals surface area contributed by atoms with Gasteiger partial charge in [0.25, 0.3) is 0 Å². The number of ether oxygens (including phenoxy) is 3. The summed E-state index contributed by atoms with van der Waals surface area (Å²) in [6, 6.07) is 0. The smallest absolute Gasteiger partial charge is 0.306 e. The third kappa shape index (κ3) is 70.5. The van der Waals surface area contributed by atoms with E-state index in [-0.39, 0.29) is 31.1 Å². The highest BCUT2D eigenvalue weighted by atomic mass is 16.6. The molecule has 0 spiro atoms. The normalized spacial score (nSPS) is 12.1. The van der Waals surface area contributed by atoms with E-state index in [0.717, 1.165) is 83.5 Å². The van der Waals surface area contributed by atoms with Gasteiger partial charge in [0.2, 0.25) is 0 Å². The molecule has 0 aliphatic rings. The standard InChI is InChI=1S/C77H146O6/c1-4-7-10-13-16-19-22-25-27-29-31-33-35-36-37-38-39-40-42-43-45-47-49-52-55-58-61-64-67-70-76(79)82-73-74(72-81-75(78)69-66-63-60-57-54-51-24-21-18-15-12-9-6-3)83-77(80)71-68-65-62-59-56-53-50-48-46-44-41-34-32-30-28-26-23-20-17-14-11-8-5-2/h12,15,21,24,74H,4-11,13-14,16-20,22-23,25-73H2,1-3H3/b15-12-,24-21-. The Labute approximate surface area is 519 Å². The van der Waals surface area contributed by atoms with Crippen LogP contribution in [-0.4, -0.2) is 37.2 Å². The lowest BCUT2D eigenvalue weighted by Gasteiger charge is -2.18. The summed E-state index contributed by atoms with van der Waals surface area (Å²) >= 11 is 0. The van der Waals surface area contributed by atoms with E-state index in [9.17, 15) is 14.4 Å². The quantitative estimate of drug-likeness (QED) is 0.0261. The molecule has 0 aromatic heterocycles. The topological polar surface area (TPSA) is 78.9 Å². The van der Waals surface area contributed by atoms with Gasteiger partial charge in [-0.3, -0.25) is 14.4 Å². The van der Waals surface area contributed by atoms with Gasteiger partial charge in [-0.1, -0.05) is 392 Å². The lowest BCUT2D eigenvalue weighted by atomic mass is 10.0. The summed E-state index contributed by atoms with van der Waals surface area (Å²) in [4.78, 5) is 38.5. The van der Waals surface area contributed by atoms with Crippen LogP contribution in [-0.2, 0) is 28.6 Å². The van der Waals surface area contributed by atoms with Crippen molar-refractivity contribution in [2.75, 3.05) is 13.2 Å². The fraction of sp³-hybridized carbons (Fsp3) is 0.909. The third-order valence-electron chi connectivity index (χ3n) is 17.4. The molecule has 0 N–H and O–H groups in total. The van der Waals surface area contributed by atoms with Gasteiger partial charge in [-0.2, -0.15) is 0 Å². The molecule has 0 aromatic carbocycles. The molecule has 0 rings (SSSR count). The van der Waals surface area contributed by atoms with E-state index in [2.05, 4.69) is 45.1 Å². The number of carbonyl (C=O) groups excluding carboxylic acids is 3. The number of carbonyl (C=O) groups is 3. The largest absolute Gasteiger partial charge is 0.462 e.